The number of primary amides is 1. The van der Waals surface area contributed by atoms with Crippen molar-refractivity contribution in [3.8, 4) is 5.75 Å². The molecule has 0 aliphatic rings. The molecule has 0 radical (unpaired) electrons. The third-order valence-electron chi connectivity index (χ3n) is 2.84. The number of methoxy groups -OCH3 is 1. The van der Waals surface area contributed by atoms with E-state index in [1.807, 2.05) is 0 Å². The van der Waals surface area contributed by atoms with E-state index >= 15 is 0 Å². The van der Waals surface area contributed by atoms with Gasteiger partial charge in [-0.05, 0) is 12.1 Å². The second kappa shape index (κ2) is 4.93. The van der Waals surface area contributed by atoms with Crippen LogP contribution in [-0.2, 0) is 11.3 Å². The highest BCUT2D eigenvalue weighted by atomic mass is 16.5. The fourth-order valence-corrected chi connectivity index (χ4v) is 1.95. The van der Waals surface area contributed by atoms with E-state index in [2.05, 4.69) is 0 Å². The summed E-state index contributed by atoms with van der Waals surface area (Å²) in [6.45, 7) is -0.0957. The van der Waals surface area contributed by atoms with Crippen molar-refractivity contribution in [1.82, 2.24) is 4.57 Å². The summed E-state index contributed by atoms with van der Waals surface area (Å²) >= 11 is 0. The van der Waals surface area contributed by atoms with E-state index < -0.39 is 11.5 Å². The molecule has 2 rings (SSSR count). The number of aldehydes is 1. The molecule has 0 saturated carbocycles. The lowest BCUT2D eigenvalue weighted by Crippen LogP contribution is -2.24. The number of fused-ring (bicyclic) bond motifs is 1. The Morgan fingerprint density at radius 1 is 1.42 bits per heavy atom. The van der Waals surface area contributed by atoms with Crippen molar-refractivity contribution < 1.29 is 14.3 Å². The average Bonchev–Trinajstić information content (AvgIpc) is 2.40. The van der Waals surface area contributed by atoms with Crippen LogP contribution in [0.25, 0.3) is 10.9 Å². The molecule has 0 atom stereocenters. The molecule has 98 valence electrons. The Kier molecular flexibility index (Phi) is 3.33. The van der Waals surface area contributed by atoms with Crippen LogP contribution < -0.4 is 16.0 Å². The third-order valence-corrected chi connectivity index (χ3v) is 2.84. The Morgan fingerprint density at radius 2 is 2.16 bits per heavy atom. The molecule has 0 aliphatic heterocycles. The van der Waals surface area contributed by atoms with Crippen molar-refractivity contribution in [2.24, 2.45) is 5.73 Å². The molecule has 0 aliphatic carbocycles. The summed E-state index contributed by atoms with van der Waals surface area (Å²) in [6.07, 6.45) is 0.615. The molecule has 0 saturated heterocycles. The Hall–Kier alpha value is -2.63. The van der Waals surface area contributed by atoms with Crippen LogP contribution >= 0.6 is 0 Å². The first kappa shape index (κ1) is 12.8. The van der Waals surface area contributed by atoms with Gasteiger partial charge in [-0.15, -0.1) is 0 Å². The predicted octanol–water partition coefficient (Wildman–Crippen LogP) is 0.308. The Balaban J connectivity index is 2.90. The van der Waals surface area contributed by atoms with Crippen molar-refractivity contribution >= 4 is 23.1 Å². The van der Waals surface area contributed by atoms with Gasteiger partial charge in [-0.2, -0.15) is 0 Å². The van der Waals surface area contributed by atoms with Crippen molar-refractivity contribution in [3.63, 3.8) is 0 Å². The van der Waals surface area contributed by atoms with Crippen LogP contribution in [-0.4, -0.2) is 23.9 Å². The molecule has 1 amide bonds. The minimum Gasteiger partial charge on any atom is -0.497 e. The van der Waals surface area contributed by atoms with E-state index in [0.717, 1.165) is 6.07 Å². The fraction of sp³-hybridized carbons (Fsp3) is 0.154. The monoisotopic (exact) mass is 260 g/mol. The third kappa shape index (κ3) is 2.20. The maximum absolute atomic E-state index is 11.9. The smallest absolute Gasteiger partial charge is 0.252 e. The highest BCUT2D eigenvalue weighted by Gasteiger charge is 2.13. The van der Waals surface area contributed by atoms with E-state index in [0.29, 0.717) is 22.9 Å². The van der Waals surface area contributed by atoms with Crippen LogP contribution in [0.1, 0.15) is 10.4 Å². The number of amides is 1. The zero-order chi connectivity index (χ0) is 14.0. The Labute approximate surface area is 108 Å². The average molecular weight is 260 g/mol. The number of pyridine rings is 1. The lowest BCUT2D eigenvalue weighted by molar-refractivity contribution is -0.108. The van der Waals surface area contributed by atoms with Crippen LogP contribution in [0, 0.1) is 0 Å². The zero-order valence-electron chi connectivity index (χ0n) is 10.3. The normalized spacial score (nSPS) is 10.4. The lowest BCUT2D eigenvalue weighted by Gasteiger charge is -2.11. The maximum Gasteiger partial charge on any atom is 0.252 e. The molecule has 1 aromatic heterocycles. The molecular formula is C13H12N2O4. The summed E-state index contributed by atoms with van der Waals surface area (Å²) in [5, 5.41) is 0.509. The highest BCUT2D eigenvalue weighted by molar-refractivity contribution is 6.05. The summed E-state index contributed by atoms with van der Waals surface area (Å²) < 4.78 is 6.34. The van der Waals surface area contributed by atoms with Crippen molar-refractivity contribution in [3.05, 3.63) is 40.2 Å². The van der Waals surface area contributed by atoms with Crippen molar-refractivity contribution in [2.45, 2.75) is 6.54 Å². The summed E-state index contributed by atoms with van der Waals surface area (Å²) in [5.74, 6) is -0.168. The molecule has 1 heterocycles. The minimum absolute atomic E-state index is 0.0957. The van der Waals surface area contributed by atoms with Gasteiger partial charge < -0.3 is 19.8 Å². The molecule has 19 heavy (non-hydrogen) atoms. The van der Waals surface area contributed by atoms with E-state index in [9.17, 15) is 14.4 Å². The Bertz CT molecular complexity index is 718. The molecule has 1 aromatic carbocycles. The van der Waals surface area contributed by atoms with Crippen molar-refractivity contribution in [2.75, 3.05) is 7.11 Å². The predicted molar refractivity (Wildman–Crippen MR) is 69.3 cm³/mol. The van der Waals surface area contributed by atoms with E-state index in [-0.39, 0.29) is 12.1 Å². The van der Waals surface area contributed by atoms with Gasteiger partial charge >= 0.3 is 0 Å². The number of aromatic nitrogens is 1. The summed E-state index contributed by atoms with van der Waals surface area (Å²) in [7, 11) is 1.49. The van der Waals surface area contributed by atoms with Gasteiger partial charge in [-0.1, -0.05) is 0 Å². The van der Waals surface area contributed by atoms with E-state index in [1.165, 1.54) is 11.7 Å². The molecule has 2 aromatic rings. The van der Waals surface area contributed by atoms with Crippen LogP contribution in [0.5, 0.6) is 5.75 Å². The molecule has 6 nitrogen and oxygen atoms in total. The summed E-state index contributed by atoms with van der Waals surface area (Å²) in [6, 6.07) is 6.02. The fourth-order valence-electron chi connectivity index (χ4n) is 1.95. The van der Waals surface area contributed by atoms with Gasteiger partial charge in [0.1, 0.15) is 12.0 Å². The number of carbonyl (C=O) groups is 2. The summed E-state index contributed by atoms with van der Waals surface area (Å²) in [4.78, 5) is 33.9. The standard InChI is InChI=1S/C13H12N2O4/c1-19-8-2-3-9-10(13(14)18)7-12(17)15(4-5-16)11(9)6-8/h2-3,5-7H,4H2,1H3,(H2,14,18). The van der Waals surface area contributed by atoms with Gasteiger partial charge in [0.25, 0.3) is 5.56 Å². The Morgan fingerprint density at radius 3 is 2.74 bits per heavy atom. The number of carbonyl (C=O) groups excluding carboxylic acids is 2. The first-order valence-corrected chi connectivity index (χ1v) is 5.53. The second-order valence-corrected chi connectivity index (χ2v) is 3.92. The minimum atomic E-state index is -0.689. The van der Waals surface area contributed by atoms with E-state index in [4.69, 9.17) is 10.5 Å². The van der Waals surface area contributed by atoms with Gasteiger partial charge in [0, 0.05) is 17.5 Å². The van der Waals surface area contributed by atoms with Crippen molar-refractivity contribution in [1.29, 1.82) is 0 Å². The second-order valence-electron chi connectivity index (χ2n) is 3.92. The van der Waals surface area contributed by atoms with Gasteiger partial charge in [0.05, 0.1) is 24.7 Å². The molecule has 0 spiro atoms. The SMILES string of the molecule is COc1ccc2c(C(N)=O)cc(=O)n(CC=O)c2c1. The largest absolute Gasteiger partial charge is 0.497 e. The van der Waals surface area contributed by atoms with E-state index in [1.54, 1.807) is 18.2 Å². The van der Waals surface area contributed by atoms with Crippen LogP contribution in [0.3, 0.4) is 0 Å². The molecule has 2 N–H and O–H groups in total. The first-order valence-electron chi connectivity index (χ1n) is 5.53. The van der Waals surface area contributed by atoms with Gasteiger partial charge in [-0.3, -0.25) is 9.59 Å². The molecule has 0 bridgehead atoms. The van der Waals surface area contributed by atoms with Crippen LogP contribution in [0.4, 0.5) is 0 Å². The zero-order valence-corrected chi connectivity index (χ0v) is 10.3. The number of ether oxygens (including phenoxy) is 1. The lowest BCUT2D eigenvalue weighted by atomic mass is 10.1. The maximum atomic E-state index is 11.9. The number of nitrogens with zero attached hydrogens (tertiary/aromatic N) is 1. The number of rotatable bonds is 4. The molecule has 6 heteroatoms. The number of benzene rings is 1. The topological polar surface area (TPSA) is 91.4 Å². The molecule has 0 fully saturated rings. The van der Waals surface area contributed by atoms with Crippen LogP contribution in [0.15, 0.2) is 29.1 Å². The quantitative estimate of drug-likeness (QED) is 0.801. The number of nitrogens with two attached hydrogens (primary N) is 1. The van der Waals surface area contributed by atoms with Gasteiger partial charge in [0.15, 0.2) is 0 Å². The highest BCUT2D eigenvalue weighted by Crippen LogP contribution is 2.22. The number of hydrogen-bond donors (Lipinski definition) is 1. The summed E-state index contributed by atoms with van der Waals surface area (Å²) in [5.41, 5.74) is 5.37. The first-order chi connectivity index (χ1) is 9.08. The molecular weight excluding hydrogens is 248 g/mol. The van der Waals surface area contributed by atoms with Gasteiger partial charge in [0.2, 0.25) is 5.91 Å². The molecule has 0 unspecified atom stereocenters. The van der Waals surface area contributed by atoms with Crippen LogP contribution in [0.2, 0.25) is 0 Å². The number of hydrogen-bond acceptors (Lipinski definition) is 4. The van der Waals surface area contributed by atoms with Gasteiger partial charge in [-0.25, -0.2) is 0 Å².